The number of aromatic nitrogens is 2. The molecule has 6 heteroatoms. The normalized spacial score (nSPS) is 14.1. The molecule has 1 atom stereocenters. The second kappa shape index (κ2) is 5.35. The molecule has 0 spiro atoms. The van der Waals surface area contributed by atoms with Crippen LogP contribution in [0.4, 0.5) is 0 Å². The first kappa shape index (κ1) is 11.5. The fourth-order valence-electron chi connectivity index (χ4n) is 1.33. The van der Waals surface area contributed by atoms with Crippen molar-refractivity contribution in [1.29, 1.82) is 0 Å². The minimum Gasteiger partial charge on any atom is -0.409 e. The van der Waals surface area contributed by atoms with Crippen molar-refractivity contribution in [2.24, 2.45) is 17.9 Å². The average Bonchev–Trinajstić information content (AvgIpc) is 2.65. The van der Waals surface area contributed by atoms with Crippen molar-refractivity contribution < 1.29 is 5.21 Å². The smallest absolute Gasteiger partial charge is 0.156 e. The second-order valence-corrected chi connectivity index (χ2v) is 3.31. The van der Waals surface area contributed by atoms with Crippen molar-refractivity contribution in [2.45, 2.75) is 25.9 Å². The van der Waals surface area contributed by atoms with Gasteiger partial charge in [0.25, 0.3) is 0 Å². The summed E-state index contributed by atoms with van der Waals surface area (Å²) in [5, 5.41) is 18.8. The Labute approximate surface area is 88.8 Å². The fourth-order valence-corrected chi connectivity index (χ4v) is 1.33. The molecular weight excluding hydrogens is 194 g/mol. The van der Waals surface area contributed by atoms with E-state index in [2.05, 4.69) is 15.6 Å². The first-order chi connectivity index (χ1) is 7.19. The van der Waals surface area contributed by atoms with Gasteiger partial charge in [-0.25, -0.2) is 0 Å². The van der Waals surface area contributed by atoms with E-state index in [0.717, 1.165) is 12.1 Å². The maximum absolute atomic E-state index is 8.55. The first-order valence-corrected chi connectivity index (χ1v) is 4.86. The van der Waals surface area contributed by atoms with Crippen LogP contribution in [0.3, 0.4) is 0 Å². The van der Waals surface area contributed by atoms with E-state index in [4.69, 9.17) is 10.9 Å². The van der Waals surface area contributed by atoms with E-state index in [0.29, 0.717) is 6.54 Å². The van der Waals surface area contributed by atoms with Gasteiger partial charge in [0.1, 0.15) is 0 Å². The highest BCUT2D eigenvalue weighted by molar-refractivity contribution is 5.85. The quantitative estimate of drug-likeness (QED) is 0.277. The number of hydrogen-bond donors (Lipinski definition) is 3. The van der Waals surface area contributed by atoms with Gasteiger partial charge in [0.05, 0.1) is 11.7 Å². The highest BCUT2D eigenvalue weighted by Crippen LogP contribution is 1.98. The summed E-state index contributed by atoms with van der Waals surface area (Å²) in [6, 6.07) is 1.82. The summed E-state index contributed by atoms with van der Waals surface area (Å²) in [4.78, 5) is 0. The standard InChI is InChI=1S/C9H17N5O/c1-3-8(9(10)13-15)11-6-7-4-5-12-14(7)2/h4-5,8,11,15H,3,6H2,1-2H3,(H2,10,13). The summed E-state index contributed by atoms with van der Waals surface area (Å²) in [6.45, 7) is 2.62. The van der Waals surface area contributed by atoms with Gasteiger partial charge in [-0.3, -0.25) is 4.68 Å². The lowest BCUT2D eigenvalue weighted by molar-refractivity contribution is 0.314. The van der Waals surface area contributed by atoms with E-state index >= 15 is 0 Å². The highest BCUT2D eigenvalue weighted by atomic mass is 16.4. The van der Waals surface area contributed by atoms with Gasteiger partial charge in [0.15, 0.2) is 5.84 Å². The third kappa shape index (κ3) is 2.95. The largest absolute Gasteiger partial charge is 0.409 e. The Morgan fingerprint density at radius 1 is 1.80 bits per heavy atom. The van der Waals surface area contributed by atoms with Gasteiger partial charge in [0.2, 0.25) is 0 Å². The number of amidine groups is 1. The zero-order valence-electron chi connectivity index (χ0n) is 9.01. The second-order valence-electron chi connectivity index (χ2n) is 3.31. The lowest BCUT2D eigenvalue weighted by Crippen LogP contribution is -2.40. The first-order valence-electron chi connectivity index (χ1n) is 4.86. The zero-order valence-corrected chi connectivity index (χ0v) is 9.01. The van der Waals surface area contributed by atoms with Gasteiger partial charge in [-0.1, -0.05) is 12.1 Å². The molecule has 15 heavy (non-hydrogen) atoms. The van der Waals surface area contributed by atoms with Crippen LogP contribution in [-0.2, 0) is 13.6 Å². The van der Waals surface area contributed by atoms with E-state index in [1.54, 1.807) is 10.9 Å². The lowest BCUT2D eigenvalue weighted by Gasteiger charge is -2.14. The molecule has 0 aliphatic rings. The predicted octanol–water partition coefficient (Wildman–Crippen LogP) is 0.0347. The molecule has 0 radical (unpaired) electrons. The van der Waals surface area contributed by atoms with Crippen LogP contribution < -0.4 is 11.1 Å². The SMILES string of the molecule is CCC(NCc1ccnn1C)C(N)=NO. The van der Waals surface area contributed by atoms with E-state index in [-0.39, 0.29) is 11.9 Å². The summed E-state index contributed by atoms with van der Waals surface area (Å²) in [6.07, 6.45) is 2.51. The minimum atomic E-state index is -0.107. The molecule has 0 fully saturated rings. The molecule has 0 aromatic carbocycles. The molecule has 0 aliphatic heterocycles. The molecular formula is C9H17N5O. The third-order valence-corrected chi connectivity index (χ3v) is 2.33. The summed E-state index contributed by atoms with van der Waals surface area (Å²) in [5.74, 6) is 0.208. The van der Waals surface area contributed by atoms with E-state index in [1.165, 1.54) is 0 Å². The van der Waals surface area contributed by atoms with Crippen LogP contribution >= 0.6 is 0 Å². The Balaban J connectivity index is 2.52. The van der Waals surface area contributed by atoms with E-state index in [1.807, 2.05) is 20.0 Å². The molecule has 0 amide bonds. The van der Waals surface area contributed by atoms with Crippen LogP contribution in [0.5, 0.6) is 0 Å². The molecule has 4 N–H and O–H groups in total. The fraction of sp³-hybridized carbons (Fsp3) is 0.556. The number of oxime groups is 1. The summed E-state index contributed by atoms with van der Waals surface area (Å²) in [7, 11) is 1.88. The Bertz CT molecular complexity index is 333. The molecule has 0 bridgehead atoms. The van der Waals surface area contributed by atoms with Crippen LogP contribution in [-0.4, -0.2) is 26.9 Å². The van der Waals surface area contributed by atoms with Gasteiger partial charge in [-0.2, -0.15) is 5.10 Å². The predicted molar refractivity (Wildman–Crippen MR) is 57.5 cm³/mol. The number of nitrogens with one attached hydrogen (secondary N) is 1. The number of rotatable bonds is 5. The summed E-state index contributed by atoms with van der Waals surface area (Å²) < 4.78 is 1.78. The van der Waals surface area contributed by atoms with Crippen LogP contribution in [0.25, 0.3) is 0 Å². The van der Waals surface area contributed by atoms with Crippen molar-refractivity contribution in [3.8, 4) is 0 Å². The van der Waals surface area contributed by atoms with Gasteiger partial charge < -0.3 is 16.3 Å². The van der Waals surface area contributed by atoms with Crippen LogP contribution in [0.15, 0.2) is 17.4 Å². The molecule has 1 heterocycles. The molecule has 84 valence electrons. The Hall–Kier alpha value is -1.56. The number of aryl methyl sites for hydroxylation is 1. The Kier molecular flexibility index (Phi) is 4.11. The molecule has 0 aliphatic carbocycles. The minimum absolute atomic E-state index is 0.107. The maximum Gasteiger partial charge on any atom is 0.156 e. The van der Waals surface area contributed by atoms with Gasteiger partial charge >= 0.3 is 0 Å². The van der Waals surface area contributed by atoms with Crippen molar-refractivity contribution >= 4 is 5.84 Å². The van der Waals surface area contributed by atoms with Crippen molar-refractivity contribution in [1.82, 2.24) is 15.1 Å². The molecule has 0 saturated carbocycles. The number of hydrogen-bond acceptors (Lipinski definition) is 4. The highest BCUT2D eigenvalue weighted by Gasteiger charge is 2.11. The molecule has 1 aromatic heterocycles. The topological polar surface area (TPSA) is 88.5 Å². The van der Waals surface area contributed by atoms with Crippen molar-refractivity contribution in [3.05, 3.63) is 18.0 Å². The van der Waals surface area contributed by atoms with E-state index in [9.17, 15) is 0 Å². The van der Waals surface area contributed by atoms with Gasteiger partial charge in [0, 0.05) is 19.8 Å². The third-order valence-electron chi connectivity index (χ3n) is 2.33. The van der Waals surface area contributed by atoms with Gasteiger partial charge in [-0.05, 0) is 12.5 Å². The monoisotopic (exact) mass is 211 g/mol. The maximum atomic E-state index is 8.55. The Morgan fingerprint density at radius 2 is 2.53 bits per heavy atom. The summed E-state index contributed by atoms with van der Waals surface area (Å²) in [5.41, 5.74) is 6.58. The van der Waals surface area contributed by atoms with Crippen molar-refractivity contribution in [3.63, 3.8) is 0 Å². The Morgan fingerprint density at radius 3 is 3.00 bits per heavy atom. The molecule has 1 aromatic rings. The molecule has 6 nitrogen and oxygen atoms in total. The lowest BCUT2D eigenvalue weighted by atomic mass is 10.2. The van der Waals surface area contributed by atoms with Crippen molar-refractivity contribution in [2.75, 3.05) is 0 Å². The van der Waals surface area contributed by atoms with E-state index < -0.39 is 0 Å². The van der Waals surface area contributed by atoms with Gasteiger partial charge in [-0.15, -0.1) is 0 Å². The number of nitrogens with zero attached hydrogens (tertiary/aromatic N) is 3. The van der Waals surface area contributed by atoms with Crippen LogP contribution in [0, 0.1) is 0 Å². The number of nitrogens with two attached hydrogens (primary N) is 1. The summed E-state index contributed by atoms with van der Waals surface area (Å²) >= 11 is 0. The average molecular weight is 211 g/mol. The van der Waals surface area contributed by atoms with Crippen LogP contribution in [0.2, 0.25) is 0 Å². The molecule has 1 rings (SSSR count). The molecule has 0 saturated heterocycles. The van der Waals surface area contributed by atoms with Crippen LogP contribution in [0.1, 0.15) is 19.0 Å². The molecule has 1 unspecified atom stereocenters. The zero-order chi connectivity index (χ0) is 11.3.